The Balaban J connectivity index is 1.83. The van der Waals surface area contributed by atoms with E-state index in [1.807, 2.05) is 72.4 Å². The SMILES string of the molecule is COc1cccc(SCC(=O)C(C#N)=C2N(C)c3ccccc3N2C)c1. The van der Waals surface area contributed by atoms with Crippen LogP contribution in [0.25, 0.3) is 0 Å². The number of carbonyl (C=O) groups excluding carboxylic acids is 1. The molecule has 0 aliphatic carbocycles. The Morgan fingerprint density at radius 1 is 1.12 bits per heavy atom. The number of nitrogens with zero attached hydrogens (tertiary/aromatic N) is 3. The number of carbonyl (C=O) groups is 1. The summed E-state index contributed by atoms with van der Waals surface area (Å²) in [4.78, 5) is 17.5. The van der Waals surface area contributed by atoms with Crippen LogP contribution in [0.4, 0.5) is 11.4 Å². The number of ketones is 1. The van der Waals surface area contributed by atoms with Crippen LogP contribution in [0.1, 0.15) is 0 Å². The third-order valence-electron chi connectivity index (χ3n) is 4.27. The van der Waals surface area contributed by atoms with Crippen LogP contribution in [-0.4, -0.2) is 32.7 Å². The van der Waals surface area contributed by atoms with Crippen LogP contribution in [0.15, 0.2) is 64.8 Å². The molecule has 0 N–H and O–H groups in total. The molecule has 0 aromatic heterocycles. The molecule has 0 fully saturated rings. The molecule has 0 amide bonds. The number of Topliss-reactive ketones (excluding diaryl/α,β-unsaturated/α-hetero) is 1. The summed E-state index contributed by atoms with van der Waals surface area (Å²) < 4.78 is 5.20. The molecule has 0 bridgehead atoms. The van der Waals surface area contributed by atoms with Crippen molar-refractivity contribution in [2.75, 3.05) is 36.8 Å². The van der Waals surface area contributed by atoms with Gasteiger partial charge in [-0.25, -0.2) is 0 Å². The number of hydrogen-bond donors (Lipinski definition) is 0. The van der Waals surface area contributed by atoms with Gasteiger partial charge in [-0.2, -0.15) is 5.26 Å². The second-order valence-corrected chi connectivity index (χ2v) is 6.86. The zero-order valence-corrected chi connectivity index (χ0v) is 15.7. The number of anilines is 2. The second-order valence-electron chi connectivity index (χ2n) is 5.81. The van der Waals surface area contributed by atoms with Crippen molar-refractivity contribution in [1.29, 1.82) is 5.26 Å². The highest BCUT2D eigenvalue weighted by atomic mass is 32.2. The molecule has 0 saturated carbocycles. The number of methoxy groups -OCH3 is 1. The van der Waals surface area contributed by atoms with Crippen molar-refractivity contribution in [3.05, 3.63) is 59.9 Å². The summed E-state index contributed by atoms with van der Waals surface area (Å²) in [5.74, 6) is 1.36. The summed E-state index contributed by atoms with van der Waals surface area (Å²) in [6, 6.07) is 17.5. The van der Waals surface area contributed by atoms with Gasteiger partial charge in [-0.3, -0.25) is 4.79 Å². The van der Waals surface area contributed by atoms with Gasteiger partial charge in [-0.1, -0.05) is 18.2 Å². The summed E-state index contributed by atoms with van der Waals surface area (Å²) in [5.41, 5.74) is 2.12. The van der Waals surface area contributed by atoms with E-state index in [1.54, 1.807) is 7.11 Å². The minimum absolute atomic E-state index is 0.168. The van der Waals surface area contributed by atoms with Crippen LogP contribution in [0.2, 0.25) is 0 Å². The van der Waals surface area contributed by atoms with E-state index >= 15 is 0 Å². The van der Waals surface area contributed by atoms with Crippen LogP contribution < -0.4 is 14.5 Å². The summed E-state index contributed by atoms with van der Waals surface area (Å²) in [5, 5.41) is 9.64. The molecule has 0 unspecified atom stereocenters. The van der Waals surface area contributed by atoms with Crippen molar-refractivity contribution in [2.45, 2.75) is 4.90 Å². The highest BCUT2D eigenvalue weighted by Gasteiger charge is 2.31. The number of nitriles is 1. The smallest absolute Gasteiger partial charge is 0.187 e. The molecule has 132 valence electrons. The fourth-order valence-electron chi connectivity index (χ4n) is 2.97. The molecule has 2 aromatic rings. The molecule has 0 radical (unpaired) electrons. The molecule has 0 spiro atoms. The zero-order valence-electron chi connectivity index (χ0n) is 14.9. The number of benzene rings is 2. The van der Waals surface area contributed by atoms with Crippen molar-refractivity contribution in [3.8, 4) is 11.8 Å². The van der Waals surface area contributed by atoms with E-state index in [-0.39, 0.29) is 17.1 Å². The van der Waals surface area contributed by atoms with Crippen LogP contribution in [0.3, 0.4) is 0 Å². The van der Waals surface area contributed by atoms with Gasteiger partial charge in [0.25, 0.3) is 0 Å². The molecule has 26 heavy (non-hydrogen) atoms. The molecule has 1 heterocycles. The van der Waals surface area contributed by atoms with Crippen molar-refractivity contribution in [2.24, 2.45) is 0 Å². The molecule has 6 heteroatoms. The topological polar surface area (TPSA) is 56.6 Å². The van der Waals surface area contributed by atoms with E-state index in [4.69, 9.17) is 4.74 Å². The first kappa shape index (κ1) is 17.9. The predicted molar refractivity (Wildman–Crippen MR) is 105 cm³/mol. The summed E-state index contributed by atoms with van der Waals surface area (Å²) in [7, 11) is 5.35. The number of rotatable bonds is 5. The maximum Gasteiger partial charge on any atom is 0.187 e. The highest BCUT2D eigenvalue weighted by molar-refractivity contribution is 8.00. The molecule has 0 atom stereocenters. The van der Waals surface area contributed by atoms with Gasteiger partial charge in [-0.15, -0.1) is 11.8 Å². The Bertz CT molecular complexity index is 886. The minimum atomic E-state index is -0.193. The van der Waals surface area contributed by atoms with Crippen molar-refractivity contribution in [3.63, 3.8) is 0 Å². The minimum Gasteiger partial charge on any atom is -0.497 e. The molecule has 5 nitrogen and oxygen atoms in total. The van der Waals surface area contributed by atoms with E-state index in [9.17, 15) is 10.1 Å². The van der Waals surface area contributed by atoms with E-state index in [1.165, 1.54) is 11.8 Å². The van der Waals surface area contributed by atoms with Crippen LogP contribution in [0.5, 0.6) is 5.75 Å². The van der Waals surface area contributed by atoms with Crippen LogP contribution in [-0.2, 0) is 4.79 Å². The fraction of sp³-hybridized carbons (Fsp3) is 0.200. The number of ether oxygens (including phenoxy) is 1. The monoisotopic (exact) mass is 365 g/mol. The van der Waals surface area contributed by atoms with Crippen LogP contribution in [0, 0.1) is 11.3 Å². The number of thioether (sulfide) groups is 1. The lowest BCUT2D eigenvalue weighted by Gasteiger charge is -2.19. The maximum absolute atomic E-state index is 12.7. The lowest BCUT2D eigenvalue weighted by Crippen LogP contribution is -2.26. The molecular formula is C20H19N3O2S. The quantitative estimate of drug-likeness (QED) is 0.458. The maximum atomic E-state index is 12.7. The van der Waals surface area contributed by atoms with Crippen molar-refractivity contribution < 1.29 is 9.53 Å². The Kier molecular flexibility index (Phi) is 5.19. The number of hydrogen-bond acceptors (Lipinski definition) is 6. The molecule has 3 rings (SSSR count). The third kappa shape index (κ3) is 3.26. The number of fused-ring (bicyclic) bond motifs is 1. The van der Waals surface area contributed by atoms with Gasteiger partial charge in [0.1, 0.15) is 23.2 Å². The average Bonchev–Trinajstić information content (AvgIpc) is 2.93. The van der Waals surface area contributed by atoms with Gasteiger partial charge in [0.15, 0.2) is 5.78 Å². The predicted octanol–water partition coefficient (Wildman–Crippen LogP) is 3.68. The van der Waals surface area contributed by atoms with E-state index < -0.39 is 0 Å². The van der Waals surface area contributed by atoms with E-state index in [0.29, 0.717) is 5.82 Å². The Morgan fingerprint density at radius 3 is 2.35 bits per heavy atom. The fourth-order valence-corrected chi connectivity index (χ4v) is 3.79. The van der Waals surface area contributed by atoms with E-state index in [2.05, 4.69) is 6.07 Å². The standard InChI is InChI=1S/C20H19N3O2S/c1-22-17-9-4-5-10-18(17)23(2)20(22)16(12-21)19(24)13-26-15-8-6-7-14(11-15)25-3/h4-11H,13H2,1-3H3. The Hall–Kier alpha value is -2.91. The van der Waals surface area contributed by atoms with Crippen LogP contribution >= 0.6 is 11.8 Å². The first-order chi connectivity index (χ1) is 12.6. The molecular weight excluding hydrogens is 346 g/mol. The highest BCUT2D eigenvalue weighted by Crippen LogP contribution is 2.40. The van der Waals surface area contributed by atoms with E-state index in [0.717, 1.165) is 22.0 Å². The lowest BCUT2D eigenvalue weighted by molar-refractivity contribution is -0.112. The second kappa shape index (κ2) is 7.54. The molecule has 1 aliphatic heterocycles. The first-order valence-electron chi connectivity index (χ1n) is 8.07. The molecule has 1 aliphatic rings. The first-order valence-corrected chi connectivity index (χ1v) is 9.06. The van der Waals surface area contributed by atoms with Gasteiger partial charge >= 0.3 is 0 Å². The lowest BCUT2D eigenvalue weighted by atomic mass is 10.2. The molecule has 0 saturated heterocycles. The zero-order chi connectivity index (χ0) is 18.7. The van der Waals surface area contributed by atoms with Crippen molar-refractivity contribution >= 4 is 28.9 Å². The molecule has 2 aromatic carbocycles. The largest absolute Gasteiger partial charge is 0.497 e. The van der Waals surface area contributed by atoms with Gasteiger partial charge in [0.2, 0.25) is 0 Å². The normalized spacial score (nSPS) is 12.6. The average molecular weight is 365 g/mol. The summed E-state index contributed by atoms with van der Waals surface area (Å²) in [6.07, 6.45) is 0. The van der Waals surface area contributed by atoms with Gasteiger partial charge in [0.05, 0.1) is 24.2 Å². The Labute approximate surface area is 157 Å². The number of para-hydroxylation sites is 2. The summed E-state index contributed by atoms with van der Waals surface area (Å²) in [6.45, 7) is 0. The van der Waals surface area contributed by atoms with Crippen molar-refractivity contribution in [1.82, 2.24) is 0 Å². The van der Waals surface area contributed by atoms with Gasteiger partial charge < -0.3 is 14.5 Å². The van der Waals surface area contributed by atoms with Gasteiger partial charge in [-0.05, 0) is 30.3 Å². The van der Waals surface area contributed by atoms with Gasteiger partial charge in [0, 0.05) is 19.0 Å². The Morgan fingerprint density at radius 2 is 1.77 bits per heavy atom. The third-order valence-corrected chi connectivity index (χ3v) is 5.26. The number of allylic oxidation sites excluding steroid dienone is 1. The summed E-state index contributed by atoms with van der Waals surface area (Å²) >= 11 is 1.40.